The van der Waals surface area contributed by atoms with Crippen molar-refractivity contribution in [1.82, 2.24) is 5.32 Å². The highest BCUT2D eigenvalue weighted by molar-refractivity contribution is 9.10. The third-order valence-corrected chi connectivity index (χ3v) is 4.21. The summed E-state index contributed by atoms with van der Waals surface area (Å²) in [5.74, 6) is 0.762. The van der Waals surface area contributed by atoms with E-state index in [4.69, 9.17) is 0 Å². The third kappa shape index (κ3) is 4.22. The Bertz CT molecular complexity index is 437. The second-order valence-corrected chi connectivity index (χ2v) is 7.58. The van der Waals surface area contributed by atoms with Gasteiger partial charge >= 0.3 is 0 Å². The van der Waals surface area contributed by atoms with Gasteiger partial charge in [-0.05, 0) is 57.7 Å². The highest BCUT2D eigenvalue weighted by Gasteiger charge is 2.24. The van der Waals surface area contributed by atoms with Crippen LogP contribution in [0.4, 0.5) is 5.69 Å². The molecule has 0 saturated carbocycles. The summed E-state index contributed by atoms with van der Waals surface area (Å²) >= 11 is 3.58. The van der Waals surface area contributed by atoms with Gasteiger partial charge in [-0.1, -0.05) is 22.0 Å². The molecule has 1 atom stereocenters. The average Bonchev–Trinajstić information content (AvgIpc) is 2.77. The van der Waals surface area contributed by atoms with Crippen molar-refractivity contribution in [2.45, 2.75) is 39.7 Å². The summed E-state index contributed by atoms with van der Waals surface area (Å²) in [5, 5.41) is 3.63. The fourth-order valence-electron chi connectivity index (χ4n) is 2.59. The summed E-state index contributed by atoms with van der Waals surface area (Å²) in [7, 11) is 0. The van der Waals surface area contributed by atoms with E-state index >= 15 is 0 Å². The van der Waals surface area contributed by atoms with Gasteiger partial charge in [0.15, 0.2) is 0 Å². The van der Waals surface area contributed by atoms with Gasteiger partial charge in [0.25, 0.3) is 0 Å². The molecule has 1 saturated heterocycles. The second-order valence-electron chi connectivity index (χ2n) is 6.66. The van der Waals surface area contributed by atoms with Gasteiger partial charge < -0.3 is 10.2 Å². The molecule has 1 N–H and O–H groups in total. The van der Waals surface area contributed by atoms with E-state index in [1.807, 2.05) is 0 Å². The smallest absolute Gasteiger partial charge is 0.0407 e. The molecule has 0 spiro atoms. The number of hydrogen-bond acceptors (Lipinski definition) is 2. The van der Waals surface area contributed by atoms with Crippen LogP contribution in [0.15, 0.2) is 22.7 Å². The van der Waals surface area contributed by atoms with Crippen LogP contribution in [0.25, 0.3) is 0 Å². The minimum atomic E-state index is 0.221. The molecule has 106 valence electrons. The Balaban J connectivity index is 1.96. The molecule has 1 fully saturated rings. The number of aryl methyl sites for hydroxylation is 1. The number of benzene rings is 1. The highest BCUT2D eigenvalue weighted by Crippen LogP contribution is 2.29. The quantitative estimate of drug-likeness (QED) is 0.904. The van der Waals surface area contributed by atoms with Gasteiger partial charge in [0.05, 0.1) is 0 Å². The molecule has 3 heteroatoms. The van der Waals surface area contributed by atoms with Crippen LogP contribution in [0.3, 0.4) is 0 Å². The summed E-state index contributed by atoms with van der Waals surface area (Å²) in [4.78, 5) is 2.52. The van der Waals surface area contributed by atoms with Crippen molar-refractivity contribution < 1.29 is 0 Å². The number of halogens is 1. The van der Waals surface area contributed by atoms with E-state index in [2.05, 4.69) is 72.0 Å². The Morgan fingerprint density at radius 2 is 2.11 bits per heavy atom. The molecule has 0 amide bonds. The molecule has 0 aliphatic carbocycles. The van der Waals surface area contributed by atoms with Crippen molar-refractivity contribution in [3.8, 4) is 0 Å². The zero-order chi connectivity index (χ0) is 14.0. The number of rotatable bonds is 3. The summed E-state index contributed by atoms with van der Waals surface area (Å²) in [6.45, 7) is 12.4. The van der Waals surface area contributed by atoms with Gasteiger partial charge in [0, 0.05) is 35.3 Å². The van der Waals surface area contributed by atoms with Crippen LogP contribution >= 0.6 is 15.9 Å². The van der Waals surface area contributed by atoms with Crippen molar-refractivity contribution in [1.29, 1.82) is 0 Å². The van der Waals surface area contributed by atoms with Crippen molar-refractivity contribution in [3.63, 3.8) is 0 Å². The van der Waals surface area contributed by atoms with E-state index in [-0.39, 0.29) is 5.54 Å². The maximum Gasteiger partial charge on any atom is 0.0407 e. The van der Waals surface area contributed by atoms with Gasteiger partial charge in [0.1, 0.15) is 0 Å². The number of nitrogens with one attached hydrogen (secondary N) is 1. The molecule has 2 rings (SSSR count). The Morgan fingerprint density at radius 1 is 1.37 bits per heavy atom. The minimum Gasteiger partial charge on any atom is -0.371 e. The van der Waals surface area contributed by atoms with Crippen LogP contribution in [0.1, 0.15) is 32.8 Å². The number of anilines is 1. The van der Waals surface area contributed by atoms with E-state index in [1.165, 1.54) is 35.2 Å². The molecule has 2 nitrogen and oxygen atoms in total. The molecule has 0 radical (unpaired) electrons. The predicted molar refractivity (Wildman–Crippen MR) is 87.0 cm³/mol. The van der Waals surface area contributed by atoms with Crippen LogP contribution in [0.5, 0.6) is 0 Å². The Hall–Kier alpha value is -0.540. The minimum absolute atomic E-state index is 0.221. The molecule has 1 aromatic carbocycles. The molecular weight excluding hydrogens is 300 g/mol. The molecule has 0 aromatic heterocycles. The Labute approximate surface area is 125 Å². The predicted octanol–water partition coefficient (Wildman–Crippen LogP) is 3.97. The number of nitrogens with zero attached hydrogens (tertiary/aromatic N) is 1. The van der Waals surface area contributed by atoms with Crippen LogP contribution in [0.2, 0.25) is 0 Å². The highest BCUT2D eigenvalue weighted by atomic mass is 79.9. The summed E-state index contributed by atoms with van der Waals surface area (Å²) in [5.41, 5.74) is 2.97. The van der Waals surface area contributed by atoms with Gasteiger partial charge in [-0.25, -0.2) is 0 Å². The Morgan fingerprint density at radius 3 is 2.79 bits per heavy atom. The van der Waals surface area contributed by atoms with Crippen LogP contribution < -0.4 is 10.2 Å². The third-order valence-electron chi connectivity index (χ3n) is 3.72. The zero-order valence-corrected chi connectivity index (χ0v) is 14.0. The standard InChI is InChI=1S/C16H25BrN2/c1-12-5-6-14(17)9-15(12)19-8-7-13(11-19)10-18-16(2,3)4/h5-6,9,13,18H,7-8,10-11H2,1-4H3. The van der Waals surface area contributed by atoms with E-state index < -0.39 is 0 Å². The maximum absolute atomic E-state index is 3.63. The number of hydrogen-bond donors (Lipinski definition) is 1. The summed E-state index contributed by atoms with van der Waals surface area (Å²) < 4.78 is 1.17. The van der Waals surface area contributed by atoms with Crippen molar-refractivity contribution in [2.24, 2.45) is 5.92 Å². The first kappa shape index (κ1) is 14.9. The lowest BCUT2D eigenvalue weighted by Gasteiger charge is -2.24. The van der Waals surface area contributed by atoms with Gasteiger partial charge in [-0.2, -0.15) is 0 Å². The second kappa shape index (κ2) is 5.84. The molecule has 1 aliphatic heterocycles. The lowest BCUT2D eigenvalue weighted by atomic mass is 10.1. The summed E-state index contributed by atoms with van der Waals surface area (Å²) in [6.07, 6.45) is 1.29. The van der Waals surface area contributed by atoms with Crippen LogP contribution in [0, 0.1) is 12.8 Å². The Kier molecular flexibility index (Phi) is 4.57. The van der Waals surface area contributed by atoms with E-state index in [9.17, 15) is 0 Å². The van der Waals surface area contributed by atoms with E-state index in [0.29, 0.717) is 0 Å². The first-order valence-corrected chi connectivity index (χ1v) is 7.90. The zero-order valence-electron chi connectivity index (χ0n) is 12.5. The molecule has 19 heavy (non-hydrogen) atoms. The van der Waals surface area contributed by atoms with Crippen LogP contribution in [-0.4, -0.2) is 25.2 Å². The van der Waals surface area contributed by atoms with E-state index in [1.54, 1.807) is 0 Å². The topological polar surface area (TPSA) is 15.3 Å². The normalized spacial score (nSPS) is 20.1. The van der Waals surface area contributed by atoms with Crippen molar-refractivity contribution in [3.05, 3.63) is 28.2 Å². The van der Waals surface area contributed by atoms with Crippen molar-refractivity contribution >= 4 is 21.6 Å². The molecule has 1 heterocycles. The average molecular weight is 325 g/mol. The first-order valence-electron chi connectivity index (χ1n) is 7.11. The largest absolute Gasteiger partial charge is 0.371 e. The van der Waals surface area contributed by atoms with Gasteiger partial charge in [-0.15, -0.1) is 0 Å². The monoisotopic (exact) mass is 324 g/mol. The van der Waals surface area contributed by atoms with Gasteiger partial charge in [-0.3, -0.25) is 0 Å². The lowest BCUT2D eigenvalue weighted by Crippen LogP contribution is -2.39. The first-order chi connectivity index (χ1) is 8.85. The molecule has 0 bridgehead atoms. The molecular formula is C16H25BrN2. The van der Waals surface area contributed by atoms with E-state index in [0.717, 1.165) is 12.5 Å². The molecule has 1 unspecified atom stereocenters. The fourth-order valence-corrected chi connectivity index (χ4v) is 2.94. The lowest BCUT2D eigenvalue weighted by molar-refractivity contribution is 0.383. The van der Waals surface area contributed by atoms with Gasteiger partial charge in [0.2, 0.25) is 0 Å². The van der Waals surface area contributed by atoms with Crippen LogP contribution in [-0.2, 0) is 0 Å². The molecule has 1 aromatic rings. The molecule has 1 aliphatic rings. The fraction of sp³-hybridized carbons (Fsp3) is 0.625. The summed E-state index contributed by atoms with van der Waals surface area (Å²) in [6, 6.07) is 6.56. The van der Waals surface area contributed by atoms with Crippen molar-refractivity contribution in [2.75, 3.05) is 24.5 Å². The maximum atomic E-state index is 3.63. The SMILES string of the molecule is Cc1ccc(Br)cc1N1CCC(CNC(C)(C)C)C1.